The van der Waals surface area contributed by atoms with Crippen LogP contribution in [0.2, 0.25) is 0 Å². The number of nitrogens with two attached hydrogens (primary N) is 1. The number of aliphatic carboxylic acids is 1. The zero-order valence-corrected chi connectivity index (χ0v) is 26.4. The van der Waals surface area contributed by atoms with Crippen LogP contribution in [0.3, 0.4) is 0 Å². The first-order valence-electron chi connectivity index (χ1n) is 15.8. The number of carbonyl (C=O) groups is 6. The Morgan fingerprint density at radius 2 is 1.79 bits per heavy atom. The standard InChI is InChI=1S/C31H38FN7O9/c1-2-47-30(46)37-13-11-36(12-14-37)28(44)23(17-26(41)42)34-27(43)22-16-25(39(35-22)21-6-3-5-20(32)15-21)48-18-24(40)38-10-4-9-31(38,29(33)45)19-7-8-19/h3,5-6,15-16,19,23H,2,4,7-14,17-18H2,1H3,(H2,33,45)(H,34,43)(H,41,42). The molecule has 0 bridgehead atoms. The number of hydrogen-bond donors (Lipinski definition) is 3. The molecule has 1 aromatic carbocycles. The summed E-state index contributed by atoms with van der Waals surface area (Å²) in [6, 6.07) is 4.93. The van der Waals surface area contributed by atoms with E-state index in [1.807, 2.05) is 0 Å². The summed E-state index contributed by atoms with van der Waals surface area (Å²) in [4.78, 5) is 80.6. The maximum absolute atomic E-state index is 14.2. The summed E-state index contributed by atoms with van der Waals surface area (Å²) in [6.07, 6.45) is 1.38. The molecular weight excluding hydrogens is 633 g/mol. The van der Waals surface area contributed by atoms with Crippen LogP contribution in [0, 0.1) is 11.7 Å². The number of carbonyl (C=O) groups excluding carboxylic acids is 5. The van der Waals surface area contributed by atoms with Crippen LogP contribution in [0.15, 0.2) is 30.3 Å². The van der Waals surface area contributed by atoms with Gasteiger partial charge in [-0.05, 0) is 56.7 Å². The Labute approximate surface area is 274 Å². The molecule has 3 fully saturated rings. The minimum atomic E-state index is -1.48. The van der Waals surface area contributed by atoms with E-state index in [2.05, 4.69) is 10.4 Å². The van der Waals surface area contributed by atoms with Gasteiger partial charge >= 0.3 is 12.1 Å². The molecule has 0 radical (unpaired) electrons. The fraction of sp³-hybridized carbons (Fsp3) is 0.516. The van der Waals surface area contributed by atoms with Crippen LogP contribution in [0.25, 0.3) is 5.69 Å². The maximum atomic E-state index is 14.2. The van der Waals surface area contributed by atoms with Gasteiger partial charge in [0.1, 0.15) is 17.4 Å². The van der Waals surface area contributed by atoms with E-state index in [-0.39, 0.29) is 56.0 Å². The molecule has 3 aliphatic rings. The highest BCUT2D eigenvalue weighted by atomic mass is 19.1. The van der Waals surface area contributed by atoms with Crippen molar-refractivity contribution < 1.29 is 47.7 Å². The van der Waals surface area contributed by atoms with E-state index in [9.17, 15) is 38.3 Å². The van der Waals surface area contributed by atoms with Crippen molar-refractivity contribution in [3.8, 4) is 11.6 Å². The van der Waals surface area contributed by atoms with Crippen LogP contribution in [0.4, 0.5) is 9.18 Å². The number of rotatable bonds is 12. The Morgan fingerprint density at radius 1 is 1.08 bits per heavy atom. The molecule has 258 valence electrons. The third-order valence-corrected chi connectivity index (χ3v) is 8.81. The first kappa shape index (κ1) is 34.1. The summed E-state index contributed by atoms with van der Waals surface area (Å²) in [5, 5.41) is 16.2. The summed E-state index contributed by atoms with van der Waals surface area (Å²) < 4.78 is 26.1. The molecule has 48 heavy (non-hydrogen) atoms. The Balaban J connectivity index is 1.33. The van der Waals surface area contributed by atoms with Crippen molar-refractivity contribution in [2.75, 3.05) is 45.9 Å². The zero-order valence-electron chi connectivity index (χ0n) is 26.4. The van der Waals surface area contributed by atoms with Crippen LogP contribution in [0.1, 0.15) is 49.5 Å². The topological polar surface area (TPSA) is 207 Å². The smallest absolute Gasteiger partial charge is 0.409 e. The van der Waals surface area contributed by atoms with Gasteiger partial charge in [0, 0.05) is 38.8 Å². The molecule has 2 saturated heterocycles. The van der Waals surface area contributed by atoms with Crippen LogP contribution in [0.5, 0.6) is 5.88 Å². The molecule has 2 atom stereocenters. The number of aromatic nitrogens is 2. The van der Waals surface area contributed by atoms with Crippen LogP contribution in [-0.2, 0) is 23.9 Å². The summed E-state index contributed by atoms with van der Waals surface area (Å²) in [5.41, 5.74) is 4.55. The molecule has 5 rings (SSSR count). The average Bonchev–Trinajstić information content (AvgIpc) is 3.66. The van der Waals surface area contributed by atoms with Gasteiger partial charge in [-0.1, -0.05) is 6.07 Å². The SMILES string of the molecule is CCOC(=O)N1CCN(C(=O)C(CC(=O)O)NC(=O)c2cc(OCC(=O)N3CCCC3(C(N)=O)C3CC3)n(-c3cccc(F)c3)n2)CC1. The number of carboxylic acids is 1. The maximum Gasteiger partial charge on any atom is 0.409 e. The number of benzene rings is 1. The van der Waals surface area contributed by atoms with E-state index in [4.69, 9.17) is 15.2 Å². The lowest BCUT2D eigenvalue weighted by Gasteiger charge is -2.36. The molecule has 17 heteroatoms. The average molecular weight is 672 g/mol. The highest BCUT2D eigenvalue weighted by molar-refractivity contribution is 5.97. The van der Waals surface area contributed by atoms with E-state index >= 15 is 0 Å². The van der Waals surface area contributed by atoms with Crippen molar-refractivity contribution in [3.05, 3.63) is 41.8 Å². The molecule has 1 saturated carbocycles. The minimum absolute atomic E-state index is 0.0162. The minimum Gasteiger partial charge on any atom is -0.481 e. The fourth-order valence-electron chi connectivity index (χ4n) is 6.37. The fourth-order valence-corrected chi connectivity index (χ4v) is 6.37. The summed E-state index contributed by atoms with van der Waals surface area (Å²) >= 11 is 0. The quantitative estimate of drug-likeness (QED) is 0.285. The lowest BCUT2D eigenvalue weighted by atomic mass is 9.89. The number of likely N-dealkylation sites (tertiary alicyclic amines) is 1. The molecule has 2 aromatic rings. The van der Waals surface area contributed by atoms with Crippen LogP contribution >= 0.6 is 0 Å². The highest BCUT2D eigenvalue weighted by Gasteiger charge is 2.57. The van der Waals surface area contributed by atoms with Gasteiger partial charge in [-0.2, -0.15) is 5.10 Å². The lowest BCUT2D eigenvalue weighted by molar-refractivity contribution is -0.146. The zero-order chi connectivity index (χ0) is 34.6. The van der Waals surface area contributed by atoms with E-state index in [0.717, 1.165) is 23.6 Å². The van der Waals surface area contributed by atoms with E-state index < -0.39 is 66.1 Å². The van der Waals surface area contributed by atoms with Crippen molar-refractivity contribution in [3.63, 3.8) is 0 Å². The Morgan fingerprint density at radius 3 is 2.42 bits per heavy atom. The first-order valence-corrected chi connectivity index (χ1v) is 15.8. The number of nitrogens with one attached hydrogen (secondary N) is 1. The first-order chi connectivity index (χ1) is 22.9. The highest BCUT2D eigenvalue weighted by Crippen LogP contribution is 2.48. The molecule has 2 unspecified atom stereocenters. The van der Waals surface area contributed by atoms with E-state index in [0.29, 0.717) is 19.4 Å². The van der Waals surface area contributed by atoms with Crippen LogP contribution in [-0.4, -0.2) is 123 Å². The lowest BCUT2D eigenvalue weighted by Crippen LogP contribution is -2.58. The van der Waals surface area contributed by atoms with Gasteiger partial charge in [0.15, 0.2) is 12.3 Å². The summed E-state index contributed by atoms with van der Waals surface area (Å²) in [6.45, 7) is 2.17. The third kappa shape index (κ3) is 7.18. The Bertz CT molecular complexity index is 1590. The predicted molar refractivity (Wildman–Crippen MR) is 163 cm³/mol. The number of primary amides is 1. The number of nitrogens with zero attached hydrogens (tertiary/aromatic N) is 5. The molecule has 4 N–H and O–H groups in total. The van der Waals surface area contributed by atoms with Gasteiger partial charge in [-0.15, -0.1) is 0 Å². The Hall–Kier alpha value is -5.22. The van der Waals surface area contributed by atoms with Gasteiger partial charge < -0.3 is 40.3 Å². The largest absolute Gasteiger partial charge is 0.481 e. The van der Waals surface area contributed by atoms with Gasteiger partial charge in [0.2, 0.25) is 17.7 Å². The number of hydrogen-bond acceptors (Lipinski definition) is 9. The normalized spacial score (nSPS) is 19.8. The van der Waals surface area contributed by atoms with Crippen molar-refractivity contribution in [1.82, 2.24) is 29.8 Å². The summed E-state index contributed by atoms with van der Waals surface area (Å²) in [7, 11) is 0. The van der Waals surface area contributed by atoms with Gasteiger partial charge in [-0.25, -0.2) is 13.9 Å². The monoisotopic (exact) mass is 671 g/mol. The molecule has 16 nitrogen and oxygen atoms in total. The number of piperazine rings is 1. The molecule has 5 amide bonds. The van der Waals surface area contributed by atoms with Gasteiger partial charge in [0.25, 0.3) is 11.8 Å². The molecule has 0 spiro atoms. The second-order valence-electron chi connectivity index (χ2n) is 11.9. The van der Waals surface area contributed by atoms with E-state index in [1.165, 1.54) is 39.0 Å². The molecule has 1 aromatic heterocycles. The number of amides is 5. The summed E-state index contributed by atoms with van der Waals surface area (Å²) in [5.74, 6) is -4.74. The number of ether oxygens (including phenoxy) is 2. The van der Waals surface area contributed by atoms with Crippen molar-refractivity contribution in [2.45, 2.75) is 50.6 Å². The second kappa shape index (κ2) is 14.3. The number of carboxylic acid groups (broad SMARTS) is 1. The van der Waals surface area contributed by atoms with Gasteiger partial charge in [-0.3, -0.25) is 24.0 Å². The van der Waals surface area contributed by atoms with E-state index in [1.54, 1.807) is 6.92 Å². The molecule has 1 aliphatic carbocycles. The van der Waals surface area contributed by atoms with Crippen molar-refractivity contribution in [2.24, 2.45) is 11.7 Å². The molecule has 2 aliphatic heterocycles. The van der Waals surface area contributed by atoms with Crippen molar-refractivity contribution >= 4 is 35.7 Å². The predicted octanol–water partition coefficient (Wildman–Crippen LogP) is 0.521. The Kier molecular flexibility index (Phi) is 10.1. The van der Waals surface area contributed by atoms with Crippen molar-refractivity contribution in [1.29, 1.82) is 0 Å². The second-order valence-corrected chi connectivity index (χ2v) is 11.9. The van der Waals surface area contributed by atoms with Gasteiger partial charge in [0.05, 0.1) is 18.7 Å². The van der Waals surface area contributed by atoms with Crippen LogP contribution < -0.4 is 15.8 Å². The number of halogens is 1. The third-order valence-electron chi connectivity index (χ3n) is 8.81. The molecular formula is C31H38FN7O9. The molecule has 3 heterocycles.